The van der Waals surface area contributed by atoms with Crippen LogP contribution in [0.3, 0.4) is 0 Å². The summed E-state index contributed by atoms with van der Waals surface area (Å²) in [4.78, 5) is 12.7. The second kappa shape index (κ2) is 11.5. The number of rotatable bonds is 10. The van der Waals surface area contributed by atoms with Gasteiger partial charge in [-0.25, -0.2) is 8.42 Å². The predicted molar refractivity (Wildman–Crippen MR) is 157 cm³/mol. The van der Waals surface area contributed by atoms with E-state index < -0.39 is 22.0 Å². The molecule has 40 heavy (non-hydrogen) atoms. The third-order valence-corrected chi connectivity index (χ3v) is 8.66. The first kappa shape index (κ1) is 27.4. The Bertz CT molecular complexity index is 1710. The molecule has 3 N–H and O–H groups in total. The highest BCUT2D eigenvalue weighted by Crippen LogP contribution is 2.30. The lowest BCUT2D eigenvalue weighted by Gasteiger charge is -2.28. The highest BCUT2D eigenvalue weighted by molar-refractivity contribution is 7.92. The van der Waals surface area contributed by atoms with Crippen LogP contribution < -0.4 is 9.62 Å². The Hall–Kier alpha value is -4.18. The molecule has 0 fully saturated rings. The fraction of sp³-hybridized carbons (Fsp3) is 0.194. The van der Waals surface area contributed by atoms with Crippen LogP contribution in [0.1, 0.15) is 15.9 Å². The number of nitrogens with one attached hydrogen (secondary N) is 1. The number of sulfonamides is 1. The van der Waals surface area contributed by atoms with Gasteiger partial charge in [0.15, 0.2) is 0 Å². The van der Waals surface area contributed by atoms with Crippen LogP contribution in [0.5, 0.6) is 0 Å². The third kappa shape index (κ3) is 5.44. The number of hydrogen-bond acceptors (Lipinski definition) is 5. The molecule has 0 radical (unpaired) electrons. The number of hydrogen-bond donors (Lipinski definition) is 3. The van der Waals surface area contributed by atoms with E-state index in [9.17, 15) is 18.3 Å². The number of aryl methyl sites for hydroxylation is 1. The Morgan fingerprint density at radius 3 is 2.15 bits per heavy atom. The monoisotopic (exact) mass is 557 g/mol. The first-order valence-electron chi connectivity index (χ1n) is 13.0. The minimum absolute atomic E-state index is 0.0753. The molecule has 1 heterocycles. The Kier molecular flexibility index (Phi) is 7.88. The van der Waals surface area contributed by atoms with Crippen LogP contribution in [0.25, 0.3) is 21.8 Å². The lowest BCUT2D eigenvalue weighted by atomic mass is 10.2. The topological polar surface area (TPSA) is 112 Å². The minimum atomic E-state index is -4.10. The van der Waals surface area contributed by atoms with Gasteiger partial charge in [0.25, 0.3) is 15.9 Å². The van der Waals surface area contributed by atoms with Crippen molar-refractivity contribution < 1.29 is 23.4 Å². The molecule has 5 aromatic rings. The van der Waals surface area contributed by atoms with Gasteiger partial charge < -0.3 is 20.1 Å². The largest absolute Gasteiger partial charge is 0.395 e. The molecule has 0 aliphatic rings. The smallest absolute Gasteiger partial charge is 0.264 e. The van der Waals surface area contributed by atoms with E-state index in [0.717, 1.165) is 31.7 Å². The van der Waals surface area contributed by atoms with Crippen molar-refractivity contribution in [3.8, 4) is 0 Å². The van der Waals surface area contributed by atoms with Crippen LogP contribution in [0.2, 0.25) is 0 Å². The number of fused-ring (bicyclic) bond motifs is 3. The summed E-state index contributed by atoms with van der Waals surface area (Å²) in [5.74, 6) is -0.436. The number of benzene rings is 4. The van der Waals surface area contributed by atoms with Crippen LogP contribution >= 0.6 is 0 Å². The van der Waals surface area contributed by atoms with E-state index >= 15 is 0 Å². The maximum atomic E-state index is 13.9. The van der Waals surface area contributed by atoms with Crippen molar-refractivity contribution >= 4 is 43.4 Å². The van der Waals surface area contributed by atoms with E-state index in [4.69, 9.17) is 5.11 Å². The Balaban J connectivity index is 1.53. The summed E-state index contributed by atoms with van der Waals surface area (Å²) in [7, 11) is -4.10. The van der Waals surface area contributed by atoms with Gasteiger partial charge in [-0.2, -0.15) is 0 Å². The van der Waals surface area contributed by atoms with Gasteiger partial charge >= 0.3 is 0 Å². The number of aromatic nitrogens is 1. The Morgan fingerprint density at radius 2 is 1.52 bits per heavy atom. The molecule has 1 aromatic heterocycles. The molecule has 0 spiro atoms. The van der Waals surface area contributed by atoms with Gasteiger partial charge in [0, 0.05) is 33.9 Å². The van der Waals surface area contributed by atoms with Crippen LogP contribution in [0.15, 0.2) is 102 Å². The summed E-state index contributed by atoms with van der Waals surface area (Å²) >= 11 is 0. The summed E-state index contributed by atoms with van der Waals surface area (Å²) < 4.78 is 31.0. The van der Waals surface area contributed by atoms with Crippen LogP contribution in [0.4, 0.5) is 5.69 Å². The van der Waals surface area contributed by atoms with E-state index in [1.165, 1.54) is 18.2 Å². The highest BCUT2D eigenvalue weighted by Gasteiger charge is 2.28. The normalized spacial score (nSPS) is 12.5. The molecule has 8 nitrogen and oxygen atoms in total. The predicted octanol–water partition coefficient (Wildman–Crippen LogP) is 4.08. The van der Waals surface area contributed by atoms with Crippen molar-refractivity contribution in [3.63, 3.8) is 0 Å². The third-order valence-electron chi connectivity index (χ3n) is 6.85. The average molecular weight is 558 g/mol. The van der Waals surface area contributed by atoms with E-state index in [1.54, 1.807) is 30.3 Å². The Labute approximate surface area is 233 Å². The molecule has 9 heteroatoms. The zero-order chi connectivity index (χ0) is 28.3. The second-order valence-electron chi connectivity index (χ2n) is 9.68. The molecule has 0 bridgehead atoms. The molecule has 5 rings (SSSR count). The van der Waals surface area contributed by atoms with Crippen molar-refractivity contribution in [2.24, 2.45) is 0 Å². The molecule has 4 aromatic carbocycles. The second-order valence-corrected chi connectivity index (χ2v) is 11.5. The fourth-order valence-electron chi connectivity index (χ4n) is 4.91. The lowest BCUT2D eigenvalue weighted by Crippen LogP contribution is -2.39. The van der Waals surface area contributed by atoms with Gasteiger partial charge in [0.05, 0.1) is 36.4 Å². The van der Waals surface area contributed by atoms with E-state index in [-0.39, 0.29) is 42.4 Å². The van der Waals surface area contributed by atoms with Crippen molar-refractivity contribution in [2.45, 2.75) is 24.5 Å². The molecular weight excluding hydrogens is 526 g/mol. The van der Waals surface area contributed by atoms with Crippen LogP contribution in [-0.4, -0.2) is 54.9 Å². The number of amides is 1. The van der Waals surface area contributed by atoms with Crippen molar-refractivity contribution in [1.82, 2.24) is 9.88 Å². The molecular formula is C31H31N3O5S. The lowest BCUT2D eigenvalue weighted by molar-refractivity contribution is 0.0944. The Morgan fingerprint density at radius 1 is 0.900 bits per heavy atom. The first-order valence-corrected chi connectivity index (χ1v) is 14.5. The molecule has 206 valence electrons. The first-order chi connectivity index (χ1) is 19.3. The van der Waals surface area contributed by atoms with Crippen molar-refractivity contribution in [2.75, 3.05) is 24.0 Å². The SMILES string of the molecule is Cc1ccc(S(=O)(=O)N(C[C@@H](O)Cn2c3ccccc3c3ccccc32)c2cccc(C(=O)NCCO)c2)cc1. The van der Waals surface area contributed by atoms with Gasteiger partial charge in [0.2, 0.25) is 0 Å². The molecule has 0 unspecified atom stereocenters. The van der Waals surface area contributed by atoms with E-state index in [1.807, 2.05) is 60.0 Å². The molecule has 1 atom stereocenters. The number of carbonyl (C=O) groups is 1. The molecule has 0 aliphatic heterocycles. The number of aliphatic hydroxyl groups excluding tert-OH is 2. The zero-order valence-electron chi connectivity index (χ0n) is 22.1. The maximum absolute atomic E-state index is 13.9. The zero-order valence-corrected chi connectivity index (χ0v) is 22.9. The van der Waals surface area contributed by atoms with Crippen LogP contribution in [0, 0.1) is 6.92 Å². The number of nitrogens with zero attached hydrogens (tertiary/aromatic N) is 2. The summed E-state index contributed by atoms with van der Waals surface area (Å²) in [6.07, 6.45) is -1.08. The summed E-state index contributed by atoms with van der Waals surface area (Å²) in [5.41, 5.74) is 3.29. The quantitative estimate of drug-likeness (QED) is 0.240. The fourth-order valence-corrected chi connectivity index (χ4v) is 6.41. The van der Waals surface area contributed by atoms with Gasteiger partial charge in [0.1, 0.15) is 0 Å². The number of para-hydroxylation sites is 2. The van der Waals surface area contributed by atoms with Crippen molar-refractivity contribution in [3.05, 3.63) is 108 Å². The summed E-state index contributed by atoms with van der Waals surface area (Å²) in [6, 6.07) is 28.6. The standard InChI is InChI=1S/C31H31N3O5S/c1-22-13-15-26(16-14-22)40(38,39)34(24-8-6-7-23(19-24)31(37)32-17-18-35)21-25(36)20-33-29-11-4-2-9-27(29)28-10-3-5-12-30(28)33/h2-16,19,25,35-36H,17-18,20-21H2,1H3,(H,32,37)/t25-/m0/s1. The van der Waals surface area contributed by atoms with E-state index in [0.29, 0.717) is 0 Å². The van der Waals surface area contributed by atoms with Gasteiger partial charge in [-0.15, -0.1) is 0 Å². The minimum Gasteiger partial charge on any atom is -0.395 e. The van der Waals surface area contributed by atoms with Gasteiger partial charge in [-0.05, 0) is 49.4 Å². The molecule has 0 aliphatic carbocycles. The summed E-state index contributed by atoms with van der Waals surface area (Å²) in [5, 5.41) is 25.1. The maximum Gasteiger partial charge on any atom is 0.264 e. The highest BCUT2D eigenvalue weighted by atomic mass is 32.2. The number of anilines is 1. The average Bonchev–Trinajstić information content (AvgIpc) is 3.28. The molecule has 1 amide bonds. The van der Waals surface area contributed by atoms with Gasteiger partial charge in [-0.1, -0.05) is 60.2 Å². The van der Waals surface area contributed by atoms with E-state index in [2.05, 4.69) is 5.32 Å². The molecule has 0 saturated carbocycles. The summed E-state index contributed by atoms with van der Waals surface area (Å²) in [6.45, 7) is 1.65. The van der Waals surface area contributed by atoms with Crippen LogP contribution in [-0.2, 0) is 16.6 Å². The van der Waals surface area contributed by atoms with Gasteiger partial charge in [-0.3, -0.25) is 9.10 Å². The molecule has 0 saturated heterocycles. The van der Waals surface area contributed by atoms with Crippen molar-refractivity contribution in [1.29, 1.82) is 0 Å². The number of aliphatic hydroxyl groups is 2. The number of carbonyl (C=O) groups excluding carboxylic acids is 1.